The number of aliphatic hydroxyl groups is 3. The number of rotatable bonds is 2. The minimum Gasteiger partial charge on any atom is -0.394 e. The molecule has 2 heterocycles. The molecule has 8 nitrogen and oxygen atoms in total. The summed E-state index contributed by atoms with van der Waals surface area (Å²) < 4.78 is 6.40. The summed E-state index contributed by atoms with van der Waals surface area (Å²) in [5, 5.41) is 28.3. The molecule has 0 bridgehead atoms. The molecule has 0 saturated carbocycles. The van der Waals surface area contributed by atoms with Gasteiger partial charge in [0.05, 0.1) is 10.2 Å². The van der Waals surface area contributed by atoms with Crippen molar-refractivity contribution >= 4 is 22.6 Å². The van der Waals surface area contributed by atoms with Crippen molar-refractivity contribution in [3.8, 4) is 0 Å². The first kappa shape index (κ1) is 13.7. The first-order chi connectivity index (χ1) is 8.45. The van der Waals surface area contributed by atoms with Crippen molar-refractivity contribution in [1.29, 1.82) is 0 Å². The lowest BCUT2D eigenvalue weighted by atomic mass is 10.1. The summed E-state index contributed by atoms with van der Waals surface area (Å²) in [6.07, 6.45) is -3.54. The van der Waals surface area contributed by atoms with Crippen molar-refractivity contribution in [1.82, 2.24) is 9.55 Å². The van der Waals surface area contributed by atoms with Crippen molar-refractivity contribution in [3.05, 3.63) is 30.6 Å². The highest BCUT2D eigenvalue weighted by molar-refractivity contribution is 14.1. The van der Waals surface area contributed by atoms with Crippen LogP contribution in [-0.2, 0) is 4.74 Å². The highest BCUT2D eigenvalue weighted by atomic mass is 125. The Bertz CT molecular complexity index is 555. The van der Waals surface area contributed by atoms with Crippen LogP contribution in [0.25, 0.3) is 0 Å². The second-order valence-corrected chi connectivity index (χ2v) is 5.03. The molecule has 100 valence electrons. The van der Waals surface area contributed by atoms with Crippen LogP contribution in [0.15, 0.2) is 15.8 Å². The van der Waals surface area contributed by atoms with Gasteiger partial charge in [0.15, 0.2) is 6.23 Å². The Hall–Kier alpha value is -0.750. The summed E-state index contributed by atoms with van der Waals surface area (Å²) in [4.78, 5) is 24.9. The minimum absolute atomic E-state index is 0.241. The predicted molar refractivity (Wildman–Crippen MR) is 67.0 cm³/mol. The lowest BCUT2D eigenvalue weighted by Gasteiger charge is -2.17. The Balaban J connectivity index is 2.42. The smallest absolute Gasteiger partial charge is 0.330 e. The number of nitrogens with zero attached hydrogens (tertiary/aromatic N) is 1. The zero-order valence-corrected chi connectivity index (χ0v) is 11.1. The SMILES string of the molecule is O=c1[nH]c(=O)n([C@@H]2O[C@H](CO)[C@@H](O)[C@H]2O)cc1[125I]. The van der Waals surface area contributed by atoms with Gasteiger partial charge in [-0.05, 0) is 22.6 Å². The monoisotopic (exact) mass is 368 g/mol. The second-order valence-electron chi connectivity index (χ2n) is 3.87. The van der Waals surface area contributed by atoms with Crippen molar-refractivity contribution in [2.75, 3.05) is 6.61 Å². The molecule has 1 saturated heterocycles. The quantitative estimate of drug-likeness (QED) is 0.438. The van der Waals surface area contributed by atoms with Gasteiger partial charge in [-0.25, -0.2) is 4.79 Å². The Morgan fingerprint density at radius 1 is 1.39 bits per heavy atom. The van der Waals surface area contributed by atoms with Crippen LogP contribution in [0.2, 0.25) is 0 Å². The standard InChI is InChI=1S/C9H11IN2O6/c10-3-1-12(9(17)11-7(3)16)8-6(15)5(14)4(2-13)18-8/h1,4-6,8,13-15H,2H2,(H,11,16,17)/t4-,5-,6-,8-/m1/s1/i10-2. The van der Waals surface area contributed by atoms with E-state index in [9.17, 15) is 19.8 Å². The first-order valence-electron chi connectivity index (χ1n) is 5.09. The van der Waals surface area contributed by atoms with E-state index in [4.69, 9.17) is 9.84 Å². The molecule has 0 aromatic carbocycles. The van der Waals surface area contributed by atoms with E-state index in [1.807, 2.05) is 0 Å². The maximum Gasteiger partial charge on any atom is 0.330 e. The zero-order chi connectivity index (χ0) is 13.4. The van der Waals surface area contributed by atoms with Crippen LogP contribution in [0.1, 0.15) is 6.23 Å². The van der Waals surface area contributed by atoms with Gasteiger partial charge in [0, 0.05) is 6.20 Å². The second kappa shape index (κ2) is 5.09. The number of halogens is 1. The third-order valence-corrected chi connectivity index (χ3v) is 3.48. The van der Waals surface area contributed by atoms with Crippen LogP contribution < -0.4 is 11.2 Å². The normalized spacial score (nSPS) is 31.8. The number of nitrogens with one attached hydrogen (secondary N) is 1. The van der Waals surface area contributed by atoms with Gasteiger partial charge in [0.2, 0.25) is 0 Å². The summed E-state index contributed by atoms with van der Waals surface area (Å²) >= 11 is 1.73. The van der Waals surface area contributed by atoms with Gasteiger partial charge in [-0.3, -0.25) is 14.3 Å². The van der Waals surface area contributed by atoms with Crippen LogP contribution in [0, 0.1) is 3.57 Å². The molecule has 1 aromatic rings. The summed E-state index contributed by atoms with van der Waals surface area (Å²) in [6, 6.07) is 0. The van der Waals surface area contributed by atoms with Gasteiger partial charge in [-0.15, -0.1) is 0 Å². The van der Waals surface area contributed by atoms with Gasteiger partial charge >= 0.3 is 5.69 Å². The number of aliphatic hydroxyl groups excluding tert-OH is 3. The number of aromatic amines is 1. The lowest BCUT2D eigenvalue weighted by Crippen LogP contribution is -2.38. The van der Waals surface area contributed by atoms with Crippen LogP contribution in [0.3, 0.4) is 0 Å². The van der Waals surface area contributed by atoms with Crippen molar-refractivity contribution in [3.63, 3.8) is 0 Å². The van der Waals surface area contributed by atoms with E-state index >= 15 is 0 Å². The average molecular weight is 368 g/mol. The maximum atomic E-state index is 11.6. The third-order valence-electron chi connectivity index (χ3n) is 2.72. The molecule has 0 radical (unpaired) electrons. The Labute approximate surface area is 114 Å². The fourth-order valence-corrected chi connectivity index (χ4v) is 2.19. The zero-order valence-electron chi connectivity index (χ0n) is 8.99. The summed E-state index contributed by atoms with van der Waals surface area (Å²) in [6.45, 7) is -0.482. The Kier molecular flexibility index (Phi) is 3.87. The third kappa shape index (κ3) is 2.23. The molecule has 0 amide bonds. The molecule has 4 atom stereocenters. The van der Waals surface area contributed by atoms with E-state index in [2.05, 4.69) is 4.98 Å². The van der Waals surface area contributed by atoms with Crippen LogP contribution in [-0.4, -0.2) is 49.8 Å². The number of hydrogen-bond donors (Lipinski definition) is 4. The van der Waals surface area contributed by atoms with Crippen LogP contribution in [0.4, 0.5) is 0 Å². The maximum absolute atomic E-state index is 11.6. The van der Waals surface area contributed by atoms with E-state index in [0.29, 0.717) is 0 Å². The molecule has 2 rings (SSSR count). The molecule has 9 heteroatoms. The van der Waals surface area contributed by atoms with E-state index < -0.39 is 42.4 Å². The Morgan fingerprint density at radius 3 is 2.61 bits per heavy atom. The molecule has 0 unspecified atom stereocenters. The molecule has 18 heavy (non-hydrogen) atoms. The largest absolute Gasteiger partial charge is 0.394 e. The highest BCUT2D eigenvalue weighted by Gasteiger charge is 2.43. The van der Waals surface area contributed by atoms with Gasteiger partial charge < -0.3 is 20.1 Å². The number of H-pyrrole nitrogens is 1. The topological polar surface area (TPSA) is 125 Å². The molecule has 1 aliphatic heterocycles. The van der Waals surface area contributed by atoms with Gasteiger partial charge in [0.25, 0.3) is 5.56 Å². The van der Waals surface area contributed by atoms with Crippen molar-refractivity contribution in [2.45, 2.75) is 24.5 Å². The van der Waals surface area contributed by atoms with E-state index in [-0.39, 0.29) is 3.57 Å². The summed E-state index contributed by atoms with van der Waals surface area (Å²) in [7, 11) is 0. The predicted octanol–water partition coefficient (Wildman–Crippen LogP) is -2.25. The van der Waals surface area contributed by atoms with E-state index in [1.165, 1.54) is 6.20 Å². The molecule has 0 spiro atoms. The molecular formula is C9H11IN2O6. The average Bonchev–Trinajstić information content (AvgIpc) is 2.61. The number of ether oxygens (including phenoxy) is 1. The van der Waals surface area contributed by atoms with E-state index in [0.717, 1.165) is 4.57 Å². The number of hydrogen-bond acceptors (Lipinski definition) is 6. The lowest BCUT2D eigenvalue weighted by molar-refractivity contribution is -0.0551. The molecule has 1 fully saturated rings. The highest BCUT2D eigenvalue weighted by Crippen LogP contribution is 2.27. The first-order valence-corrected chi connectivity index (χ1v) is 6.17. The van der Waals surface area contributed by atoms with Gasteiger partial charge in [-0.2, -0.15) is 0 Å². The van der Waals surface area contributed by atoms with Crippen molar-refractivity contribution in [2.24, 2.45) is 0 Å². The van der Waals surface area contributed by atoms with Crippen molar-refractivity contribution < 1.29 is 20.1 Å². The summed E-state index contributed by atoms with van der Waals surface area (Å²) in [5.41, 5.74) is -1.29. The summed E-state index contributed by atoms with van der Waals surface area (Å²) in [5.74, 6) is 0. The number of aromatic nitrogens is 2. The van der Waals surface area contributed by atoms with Gasteiger partial charge in [0.1, 0.15) is 18.3 Å². The fourth-order valence-electron chi connectivity index (χ4n) is 1.76. The van der Waals surface area contributed by atoms with Crippen LogP contribution >= 0.6 is 22.6 Å². The minimum atomic E-state index is -1.36. The molecule has 0 aliphatic carbocycles. The fraction of sp³-hybridized carbons (Fsp3) is 0.556. The Morgan fingerprint density at radius 2 is 2.06 bits per heavy atom. The molecule has 1 aromatic heterocycles. The van der Waals surface area contributed by atoms with Crippen LogP contribution in [0.5, 0.6) is 0 Å². The van der Waals surface area contributed by atoms with E-state index in [1.54, 1.807) is 22.6 Å². The molecular weight excluding hydrogens is 357 g/mol. The molecule has 4 N–H and O–H groups in total. The molecule has 1 aliphatic rings. The van der Waals surface area contributed by atoms with Gasteiger partial charge in [-0.1, -0.05) is 0 Å².